The van der Waals surface area contributed by atoms with E-state index in [1.54, 1.807) is 7.11 Å². The van der Waals surface area contributed by atoms with Crippen LogP contribution in [0, 0.1) is 0 Å². The number of hydrogen-bond donors (Lipinski definition) is 1. The van der Waals surface area contributed by atoms with Gasteiger partial charge in [-0.15, -0.1) is 0 Å². The summed E-state index contributed by atoms with van der Waals surface area (Å²) in [5.41, 5.74) is 7.53. The van der Waals surface area contributed by atoms with E-state index in [4.69, 9.17) is 19.9 Å². The highest BCUT2D eigenvalue weighted by Gasteiger charge is 2.33. The second kappa shape index (κ2) is 6.24. The van der Waals surface area contributed by atoms with Crippen LogP contribution in [0.3, 0.4) is 0 Å². The Balaban J connectivity index is 1.85. The highest BCUT2D eigenvalue weighted by molar-refractivity contribution is 5.45. The molecule has 1 aliphatic heterocycles. The Hall–Kier alpha value is -1.26. The molecule has 0 unspecified atom stereocenters. The van der Waals surface area contributed by atoms with Crippen LogP contribution in [-0.2, 0) is 10.2 Å². The van der Waals surface area contributed by atoms with Crippen LogP contribution < -0.4 is 15.2 Å². The van der Waals surface area contributed by atoms with Crippen LogP contribution in [0.5, 0.6) is 11.5 Å². The number of methoxy groups -OCH3 is 1. The molecule has 1 aliphatic carbocycles. The van der Waals surface area contributed by atoms with Crippen molar-refractivity contribution in [2.75, 3.05) is 26.9 Å². The zero-order valence-electron chi connectivity index (χ0n) is 12.8. The lowest BCUT2D eigenvalue weighted by atomic mass is 9.69. The fraction of sp³-hybridized carbons (Fsp3) is 0.647. The van der Waals surface area contributed by atoms with E-state index in [-0.39, 0.29) is 11.5 Å². The third kappa shape index (κ3) is 2.87. The van der Waals surface area contributed by atoms with Crippen molar-refractivity contribution >= 4 is 0 Å². The number of benzene rings is 1. The van der Waals surface area contributed by atoms with Crippen molar-refractivity contribution in [1.82, 2.24) is 0 Å². The van der Waals surface area contributed by atoms with Crippen molar-refractivity contribution < 1.29 is 14.2 Å². The fourth-order valence-electron chi connectivity index (χ4n) is 3.40. The van der Waals surface area contributed by atoms with Gasteiger partial charge in [-0.2, -0.15) is 0 Å². The van der Waals surface area contributed by atoms with Crippen molar-refractivity contribution in [3.63, 3.8) is 0 Å². The fourth-order valence-corrected chi connectivity index (χ4v) is 3.40. The van der Waals surface area contributed by atoms with Crippen LogP contribution in [0.25, 0.3) is 0 Å². The van der Waals surface area contributed by atoms with Gasteiger partial charge in [-0.25, -0.2) is 0 Å². The van der Waals surface area contributed by atoms with E-state index in [0.717, 1.165) is 11.5 Å². The molecule has 2 aliphatic rings. The van der Waals surface area contributed by atoms with Crippen molar-refractivity contribution in [2.45, 2.75) is 43.6 Å². The van der Waals surface area contributed by atoms with E-state index >= 15 is 0 Å². The van der Waals surface area contributed by atoms with Crippen LogP contribution in [0.1, 0.15) is 37.7 Å². The quantitative estimate of drug-likeness (QED) is 0.906. The number of hydrogen-bond acceptors (Lipinski definition) is 4. The molecule has 116 valence electrons. The summed E-state index contributed by atoms with van der Waals surface area (Å²) < 4.78 is 16.6. The summed E-state index contributed by atoms with van der Waals surface area (Å²) in [6.45, 7) is 2.03. The molecule has 0 radical (unpaired) electrons. The van der Waals surface area contributed by atoms with Gasteiger partial charge in [0.25, 0.3) is 0 Å². The lowest BCUT2D eigenvalue weighted by Gasteiger charge is -2.37. The summed E-state index contributed by atoms with van der Waals surface area (Å²) in [6.07, 6.45) is 6.34. The first kappa shape index (κ1) is 14.7. The summed E-state index contributed by atoms with van der Waals surface area (Å²) in [6, 6.07) is 6.31. The summed E-state index contributed by atoms with van der Waals surface area (Å²) in [5.74, 6) is 1.61. The maximum absolute atomic E-state index is 6.12. The summed E-state index contributed by atoms with van der Waals surface area (Å²) in [7, 11) is 1.69. The minimum Gasteiger partial charge on any atom is -0.493 e. The minimum absolute atomic E-state index is 0.115. The summed E-state index contributed by atoms with van der Waals surface area (Å²) >= 11 is 0. The van der Waals surface area contributed by atoms with Gasteiger partial charge >= 0.3 is 0 Å². The molecule has 2 fully saturated rings. The van der Waals surface area contributed by atoms with E-state index < -0.39 is 0 Å². The number of rotatable bonds is 5. The Morgan fingerprint density at radius 1 is 1.19 bits per heavy atom. The zero-order valence-corrected chi connectivity index (χ0v) is 12.8. The SMILES string of the molecule is COc1cc(C2(CN)CCCCC2)ccc1OC1COC1. The van der Waals surface area contributed by atoms with Crippen molar-refractivity contribution in [3.8, 4) is 11.5 Å². The molecule has 1 saturated heterocycles. The minimum atomic E-state index is 0.115. The van der Waals surface area contributed by atoms with E-state index in [9.17, 15) is 0 Å². The van der Waals surface area contributed by atoms with E-state index in [1.165, 1.54) is 37.7 Å². The van der Waals surface area contributed by atoms with E-state index in [2.05, 4.69) is 12.1 Å². The first-order chi connectivity index (χ1) is 10.3. The second-order valence-electron chi connectivity index (χ2n) is 6.19. The molecule has 1 saturated carbocycles. The molecule has 4 nitrogen and oxygen atoms in total. The molecule has 1 aromatic rings. The molecular weight excluding hydrogens is 266 g/mol. The van der Waals surface area contributed by atoms with Crippen LogP contribution in [0.4, 0.5) is 0 Å². The topological polar surface area (TPSA) is 53.7 Å². The lowest BCUT2D eigenvalue weighted by Crippen LogP contribution is -2.39. The number of ether oxygens (including phenoxy) is 3. The monoisotopic (exact) mass is 291 g/mol. The Morgan fingerprint density at radius 2 is 1.95 bits per heavy atom. The Morgan fingerprint density at radius 3 is 2.52 bits per heavy atom. The molecule has 0 bridgehead atoms. The van der Waals surface area contributed by atoms with Crippen LogP contribution in [0.2, 0.25) is 0 Å². The van der Waals surface area contributed by atoms with Gasteiger partial charge in [0.15, 0.2) is 11.5 Å². The van der Waals surface area contributed by atoms with E-state index in [1.807, 2.05) is 6.07 Å². The molecule has 21 heavy (non-hydrogen) atoms. The van der Waals surface area contributed by atoms with Crippen molar-refractivity contribution in [2.24, 2.45) is 5.73 Å². The number of nitrogens with two attached hydrogens (primary N) is 1. The first-order valence-electron chi connectivity index (χ1n) is 7.90. The molecule has 3 rings (SSSR count). The average molecular weight is 291 g/mol. The Kier molecular flexibility index (Phi) is 4.36. The van der Waals surface area contributed by atoms with Crippen molar-refractivity contribution in [3.05, 3.63) is 23.8 Å². The molecule has 0 amide bonds. The maximum atomic E-state index is 6.12. The van der Waals surface area contributed by atoms with Gasteiger partial charge in [-0.3, -0.25) is 0 Å². The smallest absolute Gasteiger partial charge is 0.161 e. The average Bonchev–Trinajstić information content (AvgIpc) is 2.51. The van der Waals surface area contributed by atoms with Gasteiger partial charge < -0.3 is 19.9 Å². The van der Waals surface area contributed by atoms with Crippen LogP contribution >= 0.6 is 0 Å². The third-order valence-corrected chi connectivity index (χ3v) is 4.88. The molecule has 4 heteroatoms. The van der Waals surface area contributed by atoms with E-state index in [0.29, 0.717) is 19.8 Å². The highest BCUT2D eigenvalue weighted by Crippen LogP contribution is 2.41. The van der Waals surface area contributed by atoms with Crippen LogP contribution in [-0.4, -0.2) is 33.0 Å². The van der Waals surface area contributed by atoms with Crippen LogP contribution in [0.15, 0.2) is 18.2 Å². The van der Waals surface area contributed by atoms with Gasteiger partial charge in [0.2, 0.25) is 0 Å². The molecule has 0 atom stereocenters. The van der Waals surface area contributed by atoms with Gasteiger partial charge in [-0.05, 0) is 30.5 Å². The standard InChI is InChI=1S/C17H25NO3/c1-19-16-9-13(17(12-18)7-3-2-4-8-17)5-6-15(16)21-14-10-20-11-14/h5-6,9,14H,2-4,7-8,10-12,18H2,1H3. The lowest BCUT2D eigenvalue weighted by molar-refractivity contribution is -0.0803. The second-order valence-corrected chi connectivity index (χ2v) is 6.19. The molecule has 0 spiro atoms. The van der Waals surface area contributed by atoms with Gasteiger partial charge in [0.05, 0.1) is 20.3 Å². The maximum Gasteiger partial charge on any atom is 0.161 e. The Labute approximate surface area is 126 Å². The third-order valence-electron chi connectivity index (χ3n) is 4.88. The van der Waals surface area contributed by atoms with Crippen molar-refractivity contribution in [1.29, 1.82) is 0 Å². The summed E-state index contributed by atoms with van der Waals surface area (Å²) in [4.78, 5) is 0. The Bertz CT molecular complexity index is 479. The largest absolute Gasteiger partial charge is 0.493 e. The molecule has 2 N–H and O–H groups in total. The highest BCUT2D eigenvalue weighted by atomic mass is 16.6. The predicted octanol–water partition coefficient (Wildman–Crippen LogP) is 2.63. The zero-order chi connectivity index (χ0) is 14.7. The summed E-state index contributed by atoms with van der Waals surface area (Å²) in [5, 5.41) is 0. The van der Waals surface area contributed by atoms with Gasteiger partial charge in [0.1, 0.15) is 6.10 Å². The molecular formula is C17H25NO3. The molecule has 1 heterocycles. The van der Waals surface area contributed by atoms with Gasteiger partial charge in [-0.1, -0.05) is 25.3 Å². The molecule has 0 aromatic heterocycles. The normalized spacial score (nSPS) is 21.6. The first-order valence-corrected chi connectivity index (χ1v) is 7.90. The predicted molar refractivity (Wildman–Crippen MR) is 82.0 cm³/mol. The van der Waals surface area contributed by atoms with Gasteiger partial charge in [0, 0.05) is 12.0 Å². The molecule has 1 aromatic carbocycles.